The van der Waals surface area contributed by atoms with E-state index in [4.69, 9.17) is 9.72 Å². The predicted octanol–water partition coefficient (Wildman–Crippen LogP) is 5.84. The molecule has 9 heteroatoms. The summed E-state index contributed by atoms with van der Waals surface area (Å²) < 4.78 is 35.5. The lowest BCUT2D eigenvalue weighted by Crippen LogP contribution is -2.30. The number of ether oxygens (including phenoxy) is 1. The van der Waals surface area contributed by atoms with Gasteiger partial charge in [0.15, 0.2) is 5.75 Å². The number of amides is 1. The van der Waals surface area contributed by atoms with E-state index in [2.05, 4.69) is 16.8 Å². The van der Waals surface area contributed by atoms with Gasteiger partial charge in [-0.2, -0.15) is 4.31 Å². The highest BCUT2D eigenvalue weighted by atomic mass is 32.2. The molecule has 0 fully saturated rings. The molecule has 0 unspecified atom stereocenters. The maximum absolute atomic E-state index is 13.0. The summed E-state index contributed by atoms with van der Waals surface area (Å²) in [5.74, 6) is 1.84. The molecule has 1 heterocycles. The Morgan fingerprint density at radius 2 is 1.68 bits per heavy atom. The number of hydrogen-bond donors (Lipinski definition) is 1. The Hall–Kier alpha value is -3.69. The number of benzene rings is 3. The van der Waals surface area contributed by atoms with E-state index in [0.717, 1.165) is 24.3 Å². The second-order valence-electron chi connectivity index (χ2n) is 8.88. The van der Waals surface area contributed by atoms with E-state index < -0.39 is 10.0 Å². The standard InChI is InChI=1S/C29H34N4O4S/c1-4-20-33-26-17-16-23(38(35,36)32(5-2)6-3)21-25(26)30-28(33)18-19-29(34)31-24-14-10-11-15-27(24)37-22-12-8-7-9-13-22/h7-17,21H,4-6,18-20H2,1-3H3,(H,31,34). The number of nitrogens with zero attached hydrogens (tertiary/aromatic N) is 3. The number of nitrogens with one attached hydrogen (secondary N) is 1. The molecule has 3 aromatic carbocycles. The molecule has 200 valence electrons. The summed E-state index contributed by atoms with van der Waals surface area (Å²) in [5.41, 5.74) is 2.07. The first kappa shape index (κ1) is 27.3. The van der Waals surface area contributed by atoms with Crippen LogP contribution in [0.15, 0.2) is 77.7 Å². The summed E-state index contributed by atoms with van der Waals surface area (Å²) in [7, 11) is -3.59. The van der Waals surface area contributed by atoms with Crippen molar-refractivity contribution in [2.24, 2.45) is 0 Å². The fourth-order valence-corrected chi connectivity index (χ4v) is 5.89. The number of imidazole rings is 1. The third kappa shape index (κ3) is 6.06. The van der Waals surface area contributed by atoms with Crippen molar-refractivity contribution in [3.05, 3.63) is 78.6 Å². The Labute approximate surface area is 224 Å². The lowest BCUT2D eigenvalue weighted by atomic mass is 10.2. The molecule has 1 aromatic heterocycles. The number of carbonyl (C=O) groups excluding carboxylic acids is 1. The van der Waals surface area contributed by atoms with E-state index in [-0.39, 0.29) is 17.2 Å². The molecule has 0 atom stereocenters. The number of para-hydroxylation sites is 3. The molecule has 0 spiro atoms. The minimum absolute atomic E-state index is 0.158. The van der Waals surface area contributed by atoms with Gasteiger partial charge >= 0.3 is 0 Å². The first-order valence-electron chi connectivity index (χ1n) is 13.0. The first-order chi connectivity index (χ1) is 18.4. The van der Waals surface area contributed by atoms with Crippen molar-refractivity contribution < 1.29 is 17.9 Å². The number of rotatable bonds is 12. The predicted molar refractivity (Wildman–Crippen MR) is 150 cm³/mol. The molecule has 0 aliphatic carbocycles. The van der Waals surface area contributed by atoms with Crippen molar-refractivity contribution in [3.63, 3.8) is 0 Å². The minimum atomic E-state index is -3.59. The molecule has 4 rings (SSSR count). The highest BCUT2D eigenvalue weighted by Gasteiger charge is 2.23. The Kier molecular flexibility index (Phi) is 8.81. The molecule has 38 heavy (non-hydrogen) atoms. The zero-order valence-corrected chi connectivity index (χ0v) is 22.9. The van der Waals surface area contributed by atoms with Crippen LogP contribution in [0.2, 0.25) is 0 Å². The topological polar surface area (TPSA) is 93.5 Å². The zero-order valence-electron chi connectivity index (χ0n) is 22.1. The summed E-state index contributed by atoms with van der Waals surface area (Å²) in [6, 6.07) is 21.8. The molecule has 1 N–H and O–H groups in total. The fourth-order valence-electron chi connectivity index (χ4n) is 4.41. The van der Waals surface area contributed by atoms with Crippen molar-refractivity contribution in [2.75, 3.05) is 18.4 Å². The lowest BCUT2D eigenvalue weighted by Gasteiger charge is -2.18. The summed E-state index contributed by atoms with van der Waals surface area (Å²) in [5, 5.41) is 2.95. The molecule has 0 radical (unpaired) electrons. The van der Waals surface area contributed by atoms with E-state index in [1.807, 2.05) is 68.4 Å². The average molecular weight is 535 g/mol. The summed E-state index contributed by atoms with van der Waals surface area (Å²) in [4.78, 5) is 17.9. The van der Waals surface area contributed by atoms with Crippen LogP contribution in [0.25, 0.3) is 11.0 Å². The SMILES string of the molecule is CCCn1c(CCC(=O)Nc2ccccc2Oc2ccccc2)nc2cc(S(=O)(=O)N(CC)CC)ccc21. The van der Waals surface area contributed by atoms with Gasteiger partial charge in [0, 0.05) is 32.5 Å². The third-order valence-corrected chi connectivity index (χ3v) is 8.34. The zero-order chi connectivity index (χ0) is 27.1. The smallest absolute Gasteiger partial charge is 0.243 e. The lowest BCUT2D eigenvalue weighted by molar-refractivity contribution is -0.116. The number of fused-ring (bicyclic) bond motifs is 1. The van der Waals surface area contributed by atoms with Crippen LogP contribution in [0.4, 0.5) is 5.69 Å². The van der Waals surface area contributed by atoms with Crippen molar-refractivity contribution >= 4 is 32.7 Å². The van der Waals surface area contributed by atoms with Gasteiger partial charge in [-0.15, -0.1) is 0 Å². The number of carbonyl (C=O) groups is 1. The summed E-state index contributed by atoms with van der Waals surface area (Å²) in [6.07, 6.45) is 1.52. The van der Waals surface area contributed by atoms with Gasteiger partial charge in [-0.1, -0.05) is 51.1 Å². The van der Waals surface area contributed by atoms with Gasteiger partial charge in [-0.25, -0.2) is 13.4 Å². The number of sulfonamides is 1. The van der Waals surface area contributed by atoms with Gasteiger partial charge in [-0.3, -0.25) is 4.79 Å². The third-order valence-electron chi connectivity index (χ3n) is 6.30. The van der Waals surface area contributed by atoms with Crippen molar-refractivity contribution in [2.45, 2.75) is 51.5 Å². The molecule has 0 aliphatic heterocycles. The minimum Gasteiger partial charge on any atom is -0.455 e. The summed E-state index contributed by atoms with van der Waals surface area (Å²) >= 11 is 0. The number of aryl methyl sites for hydroxylation is 2. The van der Waals surface area contributed by atoms with Crippen LogP contribution < -0.4 is 10.1 Å². The molecular weight excluding hydrogens is 500 g/mol. The Bertz CT molecular complexity index is 1500. The van der Waals surface area contributed by atoms with Crippen LogP contribution in [0, 0.1) is 0 Å². The van der Waals surface area contributed by atoms with E-state index >= 15 is 0 Å². The average Bonchev–Trinajstić information content (AvgIpc) is 3.26. The normalized spacial score (nSPS) is 11.7. The highest BCUT2D eigenvalue weighted by Crippen LogP contribution is 2.29. The summed E-state index contributed by atoms with van der Waals surface area (Å²) in [6.45, 7) is 7.26. The van der Waals surface area contributed by atoms with Gasteiger partial charge in [0.1, 0.15) is 11.6 Å². The largest absolute Gasteiger partial charge is 0.455 e. The Morgan fingerprint density at radius 1 is 0.974 bits per heavy atom. The van der Waals surface area contributed by atoms with Crippen LogP contribution in [0.3, 0.4) is 0 Å². The molecule has 0 saturated heterocycles. The number of hydrogen-bond acceptors (Lipinski definition) is 5. The molecule has 4 aromatic rings. The number of aromatic nitrogens is 2. The van der Waals surface area contributed by atoms with Crippen LogP contribution >= 0.6 is 0 Å². The highest BCUT2D eigenvalue weighted by molar-refractivity contribution is 7.89. The first-order valence-corrected chi connectivity index (χ1v) is 14.4. The van der Waals surface area contributed by atoms with Gasteiger partial charge in [0.2, 0.25) is 15.9 Å². The Morgan fingerprint density at radius 3 is 2.39 bits per heavy atom. The van der Waals surface area contributed by atoms with E-state index in [9.17, 15) is 13.2 Å². The fraction of sp³-hybridized carbons (Fsp3) is 0.310. The van der Waals surface area contributed by atoms with Crippen molar-refractivity contribution in [1.82, 2.24) is 13.9 Å². The maximum atomic E-state index is 13.0. The van der Waals surface area contributed by atoms with E-state index in [1.54, 1.807) is 18.2 Å². The van der Waals surface area contributed by atoms with Crippen molar-refractivity contribution in [3.8, 4) is 11.5 Å². The van der Waals surface area contributed by atoms with E-state index in [1.165, 1.54) is 4.31 Å². The molecular formula is C29H34N4O4S. The van der Waals surface area contributed by atoms with Crippen LogP contribution in [0.1, 0.15) is 39.4 Å². The van der Waals surface area contributed by atoms with E-state index in [0.29, 0.717) is 42.2 Å². The number of anilines is 1. The second kappa shape index (κ2) is 12.2. The molecule has 0 aliphatic rings. The van der Waals surface area contributed by atoms with Crippen LogP contribution in [0.5, 0.6) is 11.5 Å². The van der Waals surface area contributed by atoms with Gasteiger partial charge in [0.25, 0.3) is 0 Å². The van der Waals surface area contributed by atoms with Crippen LogP contribution in [-0.4, -0.2) is 41.3 Å². The molecule has 1 amide bonds. The monoisotopic (exact) mass is 534 g/mol. The van der Waals surface area contributed by atoms with Gasteiger partial charge in [0.05, 0.1) is 21.6 Å². The molecule has 8 nitrogen and oxygen atoms in total. The van der Waals surface area contributed by atoms with Crippen LogP contribution in [-0.2, 0) is 27.8 Å². The molecule has 0 saturated carbocycles. The second-order valence-corrected chi connectivity index (χ2v) is 10.8. The quantitative estimate of drug-likeness (QED) is 0.246. The molecule has 0 bridgehead atoms. The van der Waals surface area contributed by atoms with Gasteiger partial charge in [-0.05, 0) is 48.9 Å². The Balaban J connectivity index is 1.52. The van der Waals surface area contributed by atoms with Gasteiger partial charge < -0.3 is 14.6 Å². The van der Waals surface area contributed by atoms with Crippen molar-refractivity contribution in [1.29, 1.82) is 0 Å². The maximum Gasteiger partial charge on any atom is 0.243 e.